The zero-order valence-electron chi connectivity index (χ0n) is 16.1. The second kappa shape index (κ2) is 7.36. The van der Waals surface area contributed by atoms with Crippen LogP contribution in [0.5, 0.6) is 0 Å². The molecule has 2 aromatic rings. The number of carbonyl (C=O) groups is 2. The van der Waals surface area contributed by atoms with E-state index in [2.05, 4.69) is 15.6 Å². The Balaban J connectivity index is 1.63. The van der Waals surface area contributed by atoms with Crippen molar-refractivity contribution in [2.75, 3.05) is 11.9 Å². The predicted molar refractivity (Wildman–Crippen MR) is 108 cm³/mol. The summed E-state index contributed by atoms with van der Waals surface area (Å²) in [7, 11) is 0. The van der Waals surface area contributed by atoms with Crippen molar-refractivity contribution in [2.45, 2.75) is 45.6 Å². The molecule has 2 aliphatic heterocycles. The number of hydrogen-bond donors (Lipinski definition) is 3. The molecular weight excluding hydrogens is 357 g/mol. The minimum Gasteiger partial charge on any atom is -0.359 e. The van der Waals surface area contributed by atoms with Gasteiger partial charge in [0.2, 0.25) is 0 Å². The fraction of sp³-hybridized carbons (Fsp3) is 0.364. The molecule has 3 N–H and O–H groups in total. The van der Waals surface area contributed by atoms with E-state index in [1.165, 1.54) is 12.1 Å². The maximum absolute atomic E-state index is 13.7. The number of ketones is 1. The van der Waals surface area contributed by atoms with E-state index >= 15 is 0 Å². The molecule has 5 nitrogen and oxygen atoms in total. The summed E-state index contributed by atoms with van der Waals surface area (Å²) < 4.78 is 13.7. The van der Waals surface area contributed by atoms with Gasteiger partial charge in [-0.1, -0.05) is 6.42 Å². The van der Waals surface area contributed by atoms with Crippen LogP contribution in [0.1, 0.15) is 47.3 Å². The molecule has 1 aromatic carbocycles. The molecule has 1 aromatic heterocycles. The minimum atomic E-state index is -0.383. The van der Waals surface area contributed by atoms with E-state index in [0.29, 0.717) is 23.2 Å². The van der Waals surface area contributed by atoms with Gasteiger partial charge in [0.1, 0.15) is 5.82 Å². The third-order valence-corrected chi connectivity index (χ3v) is 5.73. The van der Waals surface area contributed by atoms with E-state index in [0.717, 1.165) is 48.3 Å². The summed E-state index contributed by atoms with van der Waals surface area (Å²) in [5, 5.41) is 6.07. The molecule has 1 amide bonds. The Bertz CT molecular complexity index is 984. The number of nitrogens with one attached hydrogen (secondary N) is 3. The molecule has 0 saturated carbocycles. The van der Waals surface area contributed by atoms with E-state index < -0.39 is 0 Å². The molecule has 1 atom stereocenters. The maximum Gasteiger partial charge on any atom is 0.256 e. The average Bonchev–Trinajstić information content (AvgIpc) is 3.13. The number of amides is 1. The number of rotatable bonds is 4. The van der Waals surface area contributed by atoms with Crippen LogP contribution in [-0.2, 0) is 16.0 Å². The van der Waals surface area contributed by atoms with Crippen LogP contribution in [0.25, 0.3) is 11.6 Å². The first-order chi connectivity index (χ1) is 13.4. The summed E-state index contributed by atoms with van der Waals surface area (Å²) in [6.45, 7) is 4.78. The number of aromatic amines is 1. The van der Waals surface area contributed by atoms with E-state index in [1.54, 1.807) is 12.1 Å². The normalized spacial score (nSPS) is 20.3. The molecule has 146 valence electrons. The largest absolute Gasteiger partial charge is 0.359 e. The number of benzene rings is 1. The highest BCUT2D eigenvalue weighted by molar-refractivity contribution is 6.34. The molecular formula is C22H24FN3O2. The molecule has 1 unspecified atom stereocenters. The van der Waals surface area contributed by atoms with Crippen molar-refractivity contribution in [3.8, 4) is 0 Å². The predicted octanol–water partition coefficient (Wildman–Crippen LogP) is 3.52. The van der Waals surface area contributed by atoms with Crippen molar-refractivity contribution in [3.63, 3.8) is 0 Å². The second-order valence-electron chi connectivity index (χ2n) is 7.61. The lowest BCUT2D eigenvalue weighted by molar-refractivity contribution is -0.121. The summed E-state index contributed by atoms with van der Waals surface area (Å²) in [6.07, 6.45) is 5.20. The van der Waals surface area contributed by atoms with Crippen LogP contribution in [0.15, 0.2) is 18.2 Å². The molecule has 6 heteroatoms. The molecule has 4 rings (SSSR count). The Morgan fingerprint density at radius 2 is 2.11 bits per heavy atom. The summed E-state index contributed by atoms with van der Waals surface area (Å²) >= 11 is 0. The van der Waals surface area contributed by atoms with Gasteiger partial charge in [-0.15, -0.1) is 0 Å². The number of aryl methyl sites for hydroxylation is 1. The van der Waals surface area contributed by atoms with Gasteiger partial charge in [-0.05, 0) is 68.6 Å². The average molecular weight is 381 g/mol. The van der Waals surface area contributed by atoms with E-state index in [4.69, 9.17) is 0 Å². The third kappa shape index (κ3) is 3.40. The fourth-order valence-corrected chi connectivity index (χ4v) is 4.10. The first kappa shape index (κ1) is 18.6. The first-order valence-corrected chi connectivity index (χ1v) is 9.71. The summed E-state index contributed by atoms with van der Waals surface area (Å²) in [5.41, 5.74) is 5.21. The highest BCUT2D eigenvalue weighted by Crippen LogP contribution is 2.34. The lowest BCUT2D eigenvalue weighted by Gasteiger charge is -2.22. The van der Waals surface area contributed by atoms with Crippen molar-refractivity contribution in [3.05, 3.63) is 52.1 Å². The van der Waals surface area contributed by atoms with E-state index in [1.807, 2.05) is 13.8 Å². The SMILES string of the molecule is Cc1[nH]c(/C=C2\C(=O)Nc3ccc(F)cc32)c(C)c1CC(=O)C1CCCCN1. The lowest BCUT2D eigenvalue weighted by Crippen LogP contribution is -2.41. The Morgan fingerprint density at radius 3 is 2.86 bits per heavy atom. The van der Waals surface area contributed by atoms with Gasteiger partial charge in [0.15, 0.2) is 5.78 Å². The number of halogens is 1. The number of anilines is 1. The molecule has 28 heavy (non-hydrogen) atoms. The Kier molecular flexibility index (Phi) is 4.89. The third-order valence-electron chi connectivity index (χ3n) is 5.73. The van der Waals surface area contributed by atoms with E-state index in [9.17, 15) is 14.0 Å². The topological polar surface area (TPSA) is 74.0 Å². The van der Waals surface area contributed by atoms with E-state index in [-0.39, 0.29) is 23.5 Å². The lowest BCUT2D eigenvalue weighted by atomic mass is 9.95. The number of piperidine rings is 1. The number of Topliss-reactive ketones (excluding diaryl/α,β-unsaturated/α-hetero) is 1. The Labute approximate surface area is 163 Å². The molecule has 0 bridgehead atoms. The van der Waals surface area contributed by atoms with Gasteiger partial charge in [0, 0.05) is 29.1 Å². The van der Waals surface area contributed by atoms with Gasteiger partial charge in [0.05, 0.1) is 11.6 Å². The summed E-state index contributed by atoms with van der Waals surface area (Å²) in [4.78, 5) is 28.3. The monoisotopic (exact) mass is 381 g/mol. The number of H-pyrrole nitrogens is 1. The highest BCUT2D eigenvalue weighted by atomic mass is 19.1. The molecule has 2 aliphatic rings. The summed E-state index contributed by atoms with van der Waals surface area (Å²) in [5.74, 6) is -0.432. The Morgan fingerprint density at radius 1 is 1.29 bits per heavy atom. The van der Waals surface area contributed by atoms with Crippen molar-refractivity contribution in [2.24, 2.45) is 0 Å². The number of fused-ring (bicyclic) bond motifs is 1. The van der Waals surface area contributed by atoms with Crippen LogP contribution in [0.2, 0.25) is 0 Å². The van der Waals surface area contributed by atoms with Gasteiger partial charge in [-0.2, -0.15) is 0 Å². The van der Waals surface area contributed by atoms with Crippen molar-refractivity contribution in [1.82, 2.24) is 10.3 Å². The fourth-order valence-electron chi connectivity index (χ4n) is 4.10. The Hall–Kier alpha value is -2.73. The van der Waals surface area contributed by atoms with Gasteiger partial charge >= 0.3 is 0 Å². The highest BCUT2D eigenvalue weighted by Gasteiger charge is 2.26. The molecule has 0 radical (unpaired) electrons. The van der Waals surface area contributed by atoms with Crippen LogP contribution in [0.3, 0.4) is 0 Å². The van der Waals surface area contributed by atoms with Gasteiger partial charge in [0.25, 0.3) is 5.91 Å². The van der Waals surface area contributed by atoms with Crippen LogP contribution in [0.4, 0.5) is 10.1 Å². The van der Waals surface area contributed by atoms with Crippen molar-refractivity contribution < 1.29 is 14.0 Å². The molecule has 1 fully saturated rings. The van der Waals surface area contributed by atoms with Crippen LogP contribution in [-0.4, -0.2) is 29.3 Å². The molecule has 0 spiro atoms. The quantitative estimate of drug-likeness (QED) is 0.710. The van der Waals surface area contributed by atoms with Crippen molar-refractivity contribution in [1.29, 1.82) is 0 Å². The number of aromatic nitrogens is 1. The molecule has 1 saturated heterocycles. The van der Waals surface area contributed by atoms with Crippen molar-refractivity contribution >= 4 is 29.0 Å². The maximum atomic E-state index is 13.7. The van der Waals surface area contributed by atoms with Gasteiger partial charge < -0.3 is 15.6 Å². The minimum absolute atomic E-state index is 0.0697. The number of carbonyl (C=O) groups excluding carboxylic acids is 2. The van der Waals surface area contributed by atoms with Gasteiger partial charge in [-0.25, -0.2) is 4.39 Å². The standard InChI is InChI=1S/C22H24FN3O2/c1-12-15(11-21(27)19-5-3-4-8-24-19)13(2)25-20(12)10-17-16-9-14(23)6-7-18(16)26-22(17)28/h6-7,9-10,19,24-25H,3-5,8,11H2,1-2H3,(H,26,28)/b17-10-. The summed E-state index contributed by atoms with van der Waals surface area (Å²) in [6, 6.07) is 4.19. The molecule has 0 aliphatic carbocycles. The van der Waals surface area contributed by atoms with Crippen LogP contribution in [0, 0.1) is 19.7 Å². The number of hydrogen-bond acceptors (Lipinski definition) is 3. The van der Waals surface area contributed by atoms with Gasteiger partial charge in [-0.3, -0.25) is 9.59 Å². The second-order valence-corrected chi connectivity index (χ2v) is 7.61. The zero-order chi connectivity index (χ0) is 19.8. The van der Waals surface area contributed by atoms with Crippen LogP contribution < -0.4 is 10.6 Å². The molecule has 3 heterocycles. The van der Waals surface area contributed by atoms with Crippen LogP contribution >= 0.6 is 0 Å². The first-order valence-electron chi connectivity index (χ1n) is 9.71. The smallest absolute Gasteiger partial charge is 0.256 e. The zero-order valence-corrected chi connectivity index (χ0v) is 16.1.